The predicted molar refractivity (Wildman–Crippen MR) is 32.8 cm³/mol. The van der Waals surface area contributed by atoms with Gasteiger partial charge in [-0.15, -0.1) is 0 Å². The minimum Gasteiger partial charge on any atom is -1.00 e. The Morgan fingerprint density at radius 3 is 0.833 bits per heavy atom. The summed E-state index contributed by atoms with van der Waals surface area (Å²) >= 11 is 0. The number of hydrogen-bond donors (Lipinski definition) is 2. The third-order valence-corrected chi connectivity index (χ3v) is 0. The van der Waals surface area contributed by atoms with Gasteiger partial charge in [-0.2, -0.15) is 0 Å². The van der Waals surface area contributed by atoms with E-state index in [0.717, 1.165) is 0 Å². The molecule has 0 aromatic heterocycles. The molecule has 0 saturated heterocycles. The summed E-state index contributed by atoms with van der Waals surface area (Å²) in [5, 5.41) is 12.0. The first-order valence-electron chi connectivity index (χ1n) is 0.200. The van der Waals surface area contributed by atoms with Crippen molar-refractivity contribution in [2.45, 2.75) is 0 Å². The fourth-order valence-electron chi connectivity index (χ4n) is 0. The minimum absolute atomic E-state index is 0. The minimum atomic E-state index is 0. The van der Waals surface area contributed by atoms with Crippen molar-refractivity contribution in [3.05, 3.63) is 0 Å². The molecule has 0 atom stereocenters. The van der Waals surface area contributed by atoms with Gasteiger partial charge in [-0.25, -0.2) is 0 Å². The van der Waals surface area contributed by atoms with Gasteiger partial charge < -0.3 is 14.0 Å². The molecule has 0 aliphatic heterocycles. The standard InChI is InChI=1S/3Ca.H2O2.H2O.6H/c;;;1-2;;;;;;;/h;;;1-2H;1H2;;;;;;/q3*+2;;;6*-1. The maximum atomic E-state index is 6.00. The second-order valence-electron chi connectivity index (χ2n) is 0. The van der Waals surface area contributed by atoms with Crippen LogP contribution in [-0.2, 0) is 0 Å². The molecule has 6 heteroatoms. The van der Waals surface area contributed by atoms with Crippen molar-refractivity contribution < 1.29 is 24.6 Å². The van der Waals surface area contributed by atoms with Crippen molar-refractivity contribution in [3.8, 4) is 0 Å². The molecule has 4 N–H and O–H groups in total. The Labute approximate surface area is 135 Å². The van der Waals surface area contributed by atoms with E-state index in [9.17, 15) is 0 Å². The van der Waals surface area contributed by atoms with E-state index in [1.807, 2.05) is 0 Å². The molecule has 0 fully saturated rings. The summed E-state index contributed by atoms with van der Waals surface area (Å²) in [6.45, 7) is 0. The zero-order chi connectivity index (χ0) is 2.00. The summed E-state index contributed by atoms with van der Waals surface area (Å²) in [7, 11) is 0. The molecule has 6 heavy (non-hydrogen) atoms. The molecule has 0 amide bonds. The Morgan fingerprint density at radius 2 is 0.833 bits per heavy atom. The number of hydrogen-bond acceptors (Lipinski definition) is 2. The third kappa shape index (κ3) is 25.4. The maximum Gasteiger partial charge on any atom is 2.00 e. The number of rotatable bonds is 0. The molecule has 0 spiro atoms. The quantitative estimate of drug-likeness (QED) is 0.276. The second-order valence-corrected chi connectivity index (χ2v) is 0. The van der Waals surface area contributed by atoms with E-state index in [1.54, 1.807) is 0 Å². The molecule has 0 saturated carbocycles. The molecule has 0 aromatic rings. The fraction of sp³-hybridized carbons (Fsp3) is 0. The molecule has 0 aliphatic rings. The molecule has 0 aromatic carbocycles. The zero-order valence-corrected chi connectivity index (χ0v) is 10.1. The first kappa shape index (κ1) is 33.4. The van der Waals surface area contributed by atoms with Gasteiger partial charge >= 0.3 is 113 Å². The van der Waals surface area contributed by atoms with Crippen molar-refractivity contribution in [1.82, 2.24) is 0 Å². The Morgan fingerprint density at radius 1 is 0.833 bits per heavy atom. The van der Waals surface area contributed by atoms with Gasteiger partial charge in [-0.1, -0.05) is 0 Å². The van der Waals surface area contributed by atoms with Crippen LogP contribution in [0.5, 0.6) is 0 Å². The maximum absolute atomic E-state index is 6.00. The van der Waals surface area contributed by atoms with Crippen molar-refractivity contribution in [2.75, 3.05) is 0 Å². The van der Waals surface area contributed by atoms with Crippen molar-refractivity contribution in [1.29, 1.82) is 0 Å². The Kier molecular flexibility index (Phi) is 211. The third-order valence-electron chi connectivity index (χ3n) is 0. The Bertz CT molecular complexity index is 18.0. The largest absolute Gasteiger partial charge is 2.00 e. The smallest absolute Gasteiger partial charge is 1.00 e. The predicted octanol–water partition coefficient (Wildman–Crippen LogP) is -1.27. The molecule has 0 rings (SSSR count). The molecular weight excluding hydrogens is 168 g/mol. The average molecular weight is 178 g/mol. The first-order chi connectivity index (χ1) is 1.00. The van der Waals surface area contributed by atoms with Crippen molar-refractivity contribution in [3.63, 3.8) is 0 Å². The van der Waals surface area contributed by atoms with Crippen LogP contribution in [0.25, 0.3) is 0 Å². The van der Waals surface area contributed by atoms with Gasteiger partial charge in [-0.05, 0) is 0 Å². The summed E-state index contributed by atoms with van der Waals surface area (Å²) in [5.41, 5.74) is 0. The van der Waals surface area contributed by atoms with E-state index in [0.29, 0.717) is 0 Å². The van der Waals surface area contributed by atoms with Crippen molar-refractivity contribution in [2.24, 2.45) is 0 Å². The summed E-state index contributed by atoms with van der Waals surface area (Å²) in [6.07, 6.45) is 0. The van der Waals surface area contributed by atoms with E-state index < -0.39 is 0 Å². The summed E-state index contributed by atoms with van der Waals surface area (Å²) in [6, 6.07) is 0. The Balaban J connectivity index is -0.000000000111. The molecule has 0 bridgehead atoms. The monoisotopic (exact) mass is 178 g/mol. The van der Waals surface area contributed by atoms with E-state index in [4.69, 9.17) is 10.5 Å². The SMILES string of the molecule is O.OO.[Ca+2].[Ca+2].[Ca+2].[H-].[H-].[H-].[H-].[H-].[H-]. The summed E-state index contributed by atoms with van der Waals surface area (Å²) in [4.78, 5) is 0. The van der Waals surface area contributed by atoms with Crippen LogP contribution in [0.15, 0.2) is 0 Å². The molecule has 0 heterocycles. The van der Waals surface area contributed by atoms with E-state index >= 15 is 0 Å². The van der Waals surface area contributed by atoms with Crippen LogP contribution in [0.4, 0.5) is 0 Å². The van der Waals surface area contributed by atoms with E-state index in [2.05, 4.69) is 0 Å². The van der Waals surface area contributed by atoms with Crippen LogP contribution in [0.1, 0.15) is 8.56 Å². The van der Waals surface area contributed by atoms with E-state index in [-0.39, 0.29) is 127 Å². The van der Waals surface area contributed by atoms with E-state index in [1.165, 1.54) is 0 Å². The molecule has 34 valence electrons. The van der Waals surface area contributed by atoms with Gasteiger partial charge in [-0.3, -0.25) is 10.5 Å². The van der Waals surface area contributed by atoms with Gasteiger partial charge in [0.25, 0.3) is 0 Å². The van der Waals surface area contributed by atoms with Gasteiger partial charge in [0.05, 0.1) is 0 Å². The first-order valence-corrected chi connectivity index (χ1v) is 0.200. The summed E-state index contributed by atoms with van der Waals surface area (Å²) in [5.74, 6) is 0. The average Bonchev–Trinajstić information content (AvgIpc) is 1.00. The van der Waals surface area contributed by atoms with Crippen LogP contribution in [-0.4, -0.2) is 129 Å². The van der Waals surface area contributed by atoms with Crippen LogP contribution < -0.4 is 0 Å². The van der Waals surface area contributed by atoms with Gasteiger partial charge in [0.2, 0.25) is 0 Å². The van der Waals surface area contributed by atoms with Crippen LogP contribution >= 0.6 is 0 Å². The van der Waals surface area contributed by atoms with Crippen LogP contribution in [0.2, 0.25) is 0 Å². The topological polar surface area (TPSA) is 72.0 Å². The normalized spacial score (nSPS) is 1.00. The van der Waals surface area contributed by atoms with Crippen molar-refractivity contribution >= 4 is 113 Å². The van der Waals surface area contributed by atoms with Crippen LogP contribution in [0.3, 0.4) is 0 Å². The van der Waals surface area contributed by atoms with Gasteiger partial charge in [0.1, 0.15) is 0 Å². The zero-order valence-electron chi connectivity index (χ0n) is 9.52. The Hall–Kier alpha value is 3.66. The molecule has 0 unspecified atom stereocenters. The summed E-state index contributed by atoms with van der Waals surface area (Å²) < 4.78 is 0. The van der Waals surface area contributed by atoms with Gasteiger partial charge in [0, 0.05) is 0 Å². The molecule has 3 nitrogen and oxygen atoms in total. The molecular formula is H10Ca3O3. The van der Waals surface area contributed by atoms with Gasteiger partial charge in [0.15, 0.2) is 0 Å². The second kappa shape index (κ2) is 37.9. The molecule has 0 aliphatic carbocycles. The van der Waals surface area contributed by atoms with Crippen LogP contribution in [0, 0.1) is 0 Å². The molecule has 0 radical (unpaired) electrons. The fourth-order valence-corrected chi connectivity index (χ4v) is 0.